The number of ether oxygens (including phenoxy) is 1. The molecule has 1 aromatic carbocycles. The minimum atomic E-state index is -4.70. The van der Waals surface area contributed by atoms with Gasteiger partial charge in [-0.2, -0.15) is 0 Å². The lowest BCUT2D eigenvalue weighted by atomic mass is 10.2. The van der Waals surface area contributed by atoms with E-state index in [0.29, 0.717) is 23.0 Å². The Hall–Kier alpha value is -1.01. The fraction of sp³-hybridized carbons (Fsp3) is 0.273. The lowest BCUT2D eigenvalue weighted by molar-refractivity contribution is -0.274. The second kappa shape index (κ2) is 6.07. The Bertz CT molecular complexity index is 404. The molecule has 0 unspecified atom stereocenters. The van der Waals surface area contributed by atoms with Crippen LogP contribution in [0.2, 0.25) is 0 Å². The molecule has 0 aliphatic carbocycles. The molecule has 6 heteroatoms. The number of hydrogen-bond donors (Lipinski definition) is 1. The van der Waals surface area contributed by atoms with Gasteiger partial charge in [-0.25, -0.2) is 0 Å². The van der Waals surface area contributed by atoms with Crippen molar-refractivity contribution < 1.29 is 17.9 Å². The number of nitrogens with two attached hydrogens (primary N) is 1. The summed E-state index contributed by atoms with van der Waals surface area (Å²) in [6.07, 6.45) is -0.842. The molecule has 2 N–H and O–H groups in total. The smallest absolute Gasteiger partial charge is 0.405 e. The third-order valence-electron chi connectivity index (χ3n) is 1.83. The molecular formula is C11H11BrF3NO. The number of halogens is 4. The molecule has 0 heterocycles. The summed E-state index contributed by atoms with van der Waals surface area (Å²) in [4.78, 5) is 0. The van der Waals surface area contributed by atoms with Gasteiger partial charge in [0, 0.05) is 10.0 Å². The fourth-order valence-electron chi connectivity index (χ4n) is 1.17. The molecule has 0 radical (unpaired) electrons. The zero-order valence-corrected chi connectivity index (χ0v) is 10.4. The molecule has 0 saturated heterocycles. The zero-order valence-electron chi connectivity index (χ0n) is 8.80. The maximum Gasteiger partial charge on any atom is 0.573 e. The van der Waals surface area contributed by atoms with Gasteiger partial charge in [-0.05, 0) is 25.1 Å². The van der Waals surface area contributed by atoms with Crippen molar-refractivity contribution in [2.45, 2.75) is 12.8 Å². The van der Waals surface area contributed by atoms with E-state index in [9.17, 15) is 13.2 Å². The first-order valence-corrected chi connectivity index (χ1v) is 5.63. The molecule has 0 fully saturated rings. The molecule has 0 aromatic heterocycles. The molecule has 0 aliphatic heterocycles. The highest BCUT2D eigenvalue weighted by molar-refractivity contribution is 9.10. The standard InChI is InChI=1S/C11H11BrF3NO/c12-9-5-4-8(3-1-2-6-16)10(7-9)17-11(13,14)15/h1,3-5,7H,2,6,16H2. The van der Waals surface area contributed by atoms with Crippen LogP contribution in [0.15, 0.2) is 28.7 Å². The third-order valence-corrected chi connectivity index (χ3v) is 2.33. The van der Waals surface area contributed by atoms with Gasteiger partial charge in [0.25, 0.3) is 0 Å². The maximum absolute atomic E-state index is 12.2. The van der Waals surface area contributed by atoms with Crippen molar-refractivity contribution in [1.29, 1.82) is 0 Å². The Morgan fingerprint density at radius 2 is 2.06 bits per heavy atom. The molecule has 2 nitrogen and oxygen atoms in total. The molecule has 94 valence electrons. The largest absolute Gasteiger partial charge is 0.573 e. The summed E-state index contributed by atoms with van der Waals surface area (Å²) in [6.45, 7) is 0.447. The van der Waals surface area contributed by atoms with Crippen molar-refractivity contribution in [3.8, 4) is 5.75 Å². The van der Waals surface area contributed by atoms with Crippen LogP contribution in [-0.4, -0.2) is 12.9 Å². The van der Waals surface area contributed by atoms with Crippen molar-refractivity contribution >= 4 is 22.0 Å². The second-order valence-corrected chi connectivity index (χ2v) is 4.13. The second-order valence-electron chi connectivity index (χ2n) is 3.21. The summed E-state index contributed by atoms with van der Waals surface area (Å²) in [6, 6.07) is 4.46. The van der Waals surface area contributed by atoms with E-state index < -0.39 is 6.36 Å². The minimum absolute atomic E-state index is 0.236. The molecular weight excluding hydrogens is 299 g/mol. The molecule has 17 heavy (non-hydrogen) atoms. The van der Waals surface area contributed by atoms with E-state index in [1.807, 2.05) is 0 Å². The van der Waals surface area contributed by atoms with Crippen LogP contribution in [0, 0.1) is 0 Å². The third kappa shape index (κ3) is 5.23. The lowest BCUT2D eigenvalue weighted by Gasteiger charge is -2.11. The Morgan fingerprint density at radius 3 is 2.65 bits per heavy atom. The Balaban J connectivity index is 2.95. The first-order valence-electron chi connectivity index (χ1n) is 4.84. The summed E-state index contributed by atoms with van der Waals surface area (Å²) in [5.41, 5.74) is 5.65. The van der Waals surface area contributed by atoms with Gasteiger partial charge >= 0.3 is 6.36 Å². The molecule has 0 atom stereocenters. The molecule has 0 bridgehead atoms. The van der Waals surface area contributed by atoms with Gasteiger partial charge in [-0.3, -0.25) is 0 Å². The van der Waals surface area contributed by atoms with E-state index >= 15 is 0 Å². The van der Waals surface area contributed by atoms with Crippen molar-refractivity contribution in [3.05, 3.63) is 34.3 Å². The van der Waals surface area contributed by atoms with E-state index in [-0.39, 0.29) is 5.75 Å². The highest BCUT2D eigenvalue weighted by Crippen LogP contribution is 2.30. The Kier molecular flexibility index (Phi) is 5.02. The van der Waals surface area contributed by atoms with Gasteiger partial charge in [0.15, 0.2) is 0 Å². The molecule has 1 aromatic rings. The first-order chi connectivity index (χ1) is 7.92. The summed E-state index contributed by atoms with van der Waals surface area (Å²) in [5.74, 6) is -0.236. The fourth-order valence-corrected chi connectivity index (χ4v) is 1.51. The van der Waals surface area contributed by atoms with Crippen LogP contribution < -0.4 is 10.5 Å². The number of hydrogen-bond acceptors (Lipinski definition) is 2. The molecule has 1 rings (SSSR count). The minimum Gasteiger partial charge on any atom is -0.405 e. The SMILES string of the molecule is NCCC=Cc1ccc(Br)cc1OC(F)(F)F. The van der Waals surface area contributed by atoms with Gasteiger partial charge in [-0.15, -0.1) is 13.2 Å². The van der Waals surface area contributed by atoms with Crippen LogP contribution in [-0.2, 0) is 0 Å². The van der Waals surface area contributed by atoms with Crippen LogP contribution in [0.3, 0.4) is 0 Å². The Morgan fingerprint density at radius 1 is 1.35 bits per heavy atom. The van der Waals surface area contributed by atoms with E-state index in [1.54, 1.807) is 18.2 Å². The topological polar surface area (TPSA) is 35.2 Å². The van der Waals surface area contributed by atoms with Gasteiger partial charge in [0.05, 0.1) is 0 Å². The molecule has 0 aliphatic rings. The van der Waals surface area contributed by atoms with E-state index in [1.165, 1.54) is 12.1 Å². The summed E-state index contributed by atoms with van der Waals surface area (Å²) in [5, 5.41) is 0. The average Bonchev–Trinajstić information content (AvgIpc) is 2.19. The molecule has 0 spiro atoms. The van der Waals surface area contributed by atoms with E-state index in [0.717, 1.165) is 0 Å². The van der Waals surface area contributed by atoms with E-state index in [4.69, 9.17) is 5.73 Å². The van der Waals surface area contributed by atoms with Crippen molar-refractivity contribution in [2.75, 3.05) is 6.54 Å². The monoisotopic (exact) mass is 309 g/mol. The molecule has 0 saturated carbocycles. The quantitative estimate of drug-likeness (QED) is 0.920. The van der Waals surface area contributed by atoms with Crippen LogP contribution in [0.25, 0.3) is 6.08 Å². The predicted octanol–water partition coefficient (Wildman–Crippen LogP) is 3.71. The van der Waals surface area contributed by atoms with Crippen LogP contribution in [0.5, 0.6) is 5.75 Å². The maximum atomic E-state index is 12.2. The number of alkyl halides is 3. The average molecular weight is 310 g/mol. The van der Waals surface area contributed by atoms with Crippen molar-refractivity contribution in [3.63, 3.8) is 0 Å². The normalized spacial score (nSPS) is 12.1. The first kappa shape index (κ1) is 14.1. The van der Waals surface area contributed by atoms with Crippen LogP contribution >= 0.6 is 15.9 Å². The van der Waals surface area contributed by atoms with Crippen LogP contribution in [0.4, 0.5) is 13.2 Å². The highest BCUT2D eigenvalue weighted by Gasteiger charge is 2.31. The lowest BCUT2D eigenvalue weighted by Crippen LogP contribution is -2.17. The van der Waals surface area contributed by atoms with Gasteiger partial charge in [0.2, 0.25) is 0 Å². The van der Waals surface area contributed by atoms with E-state index in [2.05, 4.69) is 20.7 Å². The van der Waals surface area contributed by atoms with Crippen molar-refractivity contribution in [2.24, 2.45) is 5.73 Å². The summed E-state index contributed by atoms with van der Waals surface area (Å²) >= 11 is 3.09. The number of benzene rings is 1. The zero-order chi connectivity index (χ0) is 12.9. The molecule has 0 amide bonds. The summed E-state index contributed by atoms with van der Waals surface area (Å²) < 4.78 is 40.9. The van der Waals surface area contributed by atoms with Gasteiger partial charge < -0.3 is 10.5 Å². The summed E-state index contributed by atoms with van der Waals surface area (Å²) in [7, 11) is 0. The number of rotatable bonds is 4. The predicted molar refractivity (Wildman–Crippen MR) is 63.5 cm³/mol. The highest BCUT2D eigenvalue weighted by atomic mass is 79.9. The van der Waals surface area contributed by atoms with Gasteiger partial charge in [-0.1, -0.05) is 34.1 Å². The Labute approximate surface area is 105 Å². The van der Waals surface area contributed by atoms with Crippen molar-refractivity contribution in [1.82, 2.24) is 0 Å². The van der Waals surface area contributed by atoms with Crippen LogP contribution in [0.1, 0.15) is 12.0 Å². The van der Waals surface area contributed by atoms with Gasteiger partial charge in [0.1, 0.15) is 5.75 Å².